The minimum Gasteiger partial charge on any atom is -0.339 e. The Morgan fingerprint density at radius 2 is 1.86 bits per heavy atom. The van der Waals surface area contributed by atoms with E-state index in [1.165, 1.54) is 16.5 Å². The van der Waals surface area contributed by atoms with Gasteiger partial charge in [0, 0.05) is 37.9 Å². The molecule has 1 saturated heterocycles. The van der Waals surface area contributed by atoms with Gasteiger partial charge in [-0.25, -0.2) is 9.48 Å². The Labute approximate surface area is 196 Å². The predicted octanol–water partition coefficient (Wildman–Crippen LogP) is 1.91. The lowest BCUT2D eigenvalue weighted by atomic mass is 10.1. The molecular weight excluding hydrogens is 467 g/mol. The Hall–Kier alpha value is -4.00. The number of pyridine rings is 1. The molecule has 4 heterocycles. The average molecular weight is 487 g/mol. The number of nitrogens with zero attached hydrogens (tertiary/aromatic N) is 7. The normalized spacial score (nSPS) is 15.1. The molecule has 0 N–H and O–H groups in total. The van der Waals surface area contributed by atoms with Gasteiger partial charge in [-0.15, -0.1) is 5.10 Å². The summed E-state index contributed by atoms with van der Waals surface area (Å²) in [6.45, 7) is 2.11. The lowest BCUT2D eigenvalue weighted by Crippen LogP contribution is -2.49. The van der Waals surface area contributed by atoms with E-state index >= 15 is 0 Å². The van der Waals surface area contributed by atoms with Crippen LogP contribution in [-0.2, 0) is 24.1 Å². The molecule has 13 heteroatoms. The summed E-state index contributed by atoms with van der Waals surface area (Å²) >= 11 is 0. The summed E-state index contributed by atoms with van der Waals surface area (Å²) in [5.41, 5.74) is -0.472. The molecule has 5 rings (SSSR count). The Morgan fingerprint density at radius 1 is 1.06 bits per heavy atom. The van der Waals surface area contributed by atoms with Crippen LogP contribution in [0.15, 0.2) is 58.0 Å². The zero-order chi connectivity index (χ0) is 24.6. The average Bonchev–Trinajstić information content (AvgIpc) is 3.44. The van der Waals surface area contributed by atoms with Gasteiger partial charge in [0.05, 0.1) is 12.1 Å². The Balaban J connectivity index is 1.17. The molecular formula is C22H20F3N7O3. The van der Waals surface area contributed by atoms with Crippen molar-refractivity contribution in [2.45, 2.75) is 19.3 Å². The largest absolute Gasteiger partial charge is 0.416 e. The molecule has 35 heavy (non-hydrogen) atoms. The van der Waals surface area contributed by atoms with Crippen LogP contribution < -0.4 is 5.69 Å². The Morgan fingerprint density at radius 3 is 2.60 bits per heavy atom. The molecule has 4 aromatic rings. The number of benzene rings is 1. The highest BCUT2D eigenvalue weighted by atomic mass is 19.4. The van der Waals surface area contributed by atoms with Crippen molar-refractivity contribution in [3.63, 3.8) is 0 Å². The maximum atomic E-state index is 13.0. The zero-order valence-electron chi connectivity index (χ0n) is 18.4. The lowest BCUT2D eigenvalue weighted by molar-refractivity contribution is -0.137. The fraction of sp³-hybridized carbons (Fsp3) is 0.318. The maximum Gasteiger partial charge on any atom is 0.416 e. The van der Waals surface area contributed by atoms with Crippen LogP contribution in [0.4, 0.5) is 13.2 Å². The number of aromatic nitrogens is 5. The van der Waals surface area contributed by atoms with Crippen molar-refractivity contribution in [2.75, 3.05) is 26.2 Å². The first kappa shape index (κ1) is 22.8. The third-order valence-corrected chi connectivity index (χ3v) is 5.77. The van der Waals surface area contributed by atoms with Crippen LogP contribution in [0.2, 0.25) is 0 Å². The fourth-order valence-electron chi connectivity index (χ4n) is 3.92. The molecule has 0 radical (unpaired) electrons. The monoisotopic (exact) mass is 487 g/mol. The first-order valence-electron chi connectivity index (χ1n) is 10.8. The molecule has 1 amide bonds. The standard InChI is InChI=1S/C22H20F3N7O3/c23-22(24,25)16-5-3-4-15(12-16)20-26-18(35-28-20)13-29-8-10-30(11-9-29)19(33)14-32-21(34)31-7-2-1-6-17(31)27-32/h1-7,12H,8-11,13-14H2. The number of fused-ring (bicyclic) bond motifs is 1. The molecule has 1 fully saturated rings. The summed E-state index contributed by atoms with van der Waals surface area (Å²) in [4.78, 5) is 33.0. The summed E-state index contributed by atoms with van der Waals surface area (Å²) in [6.07, 6.45) is -2.86. The highest BCUT2D eigenvalue weighted by Gasteiger charge is 2.31. The first-order valence-corrected chi connectivity index (χ1v) is 10.8. The minimum absolute atomic E-state index is 0.0813. The van der Waals surface area contributed by atoms with Crippen molar-refractivity contribution >= 4 is 11.6 Å². The molecule has 0 unspecified atom stereocenters. The van der Waals surface area contributed by atoms with Crippen LogP contribution >= 0.6 is 0 Å². The van der Waals surface area contributed by atoms with Crippen LogP contribution in [-0.4, -0.2) is 66.2 Å². The van der Waals surface area contributed by atoms with E-state index in [9.17, 15) is 22.8 Å². The van der Waals surface area contributed by atoms with Crippen molar-refractivity contribution in [2.24, 2.45) is 0 Å². The van der Waals surface area contributed by atoms with Gasteiger partial charge in [0.15, 0.2) is 5.65 Å². The van der Waals surface area contributed by atoms with Crippen molar-refractivity contribution < 1.29 is 22.5 Å². The first-order chi connectivity index (χ1) is 16.8. The second kappa shape index (κ2) is 8.98. The smallest absolute Gasteiger partial charge is 0.339 e. The summed E-state index contributed by atoms with van der Waals surface area (Å²) in [7, 11) is 0. The van der Waals surface area contributed by atoms with Gasteiger partial charge in [0.1, 0.15) is 6.54 Å². The summed E-state index contributed by atoms with van der Waals surface area (Å²) < 4.78 is 46.6. The highest BCUT2D eigenvalue weighted by molar-refractivity contribution is 5.76. The number of hydrogen-bond donors (Lipinski definition) is 0. The number of alkyl halides is 3. The highest BCUT2D eigenvalue weighted by Crippen LogP contribution is 2.31. The van der Waals surface area contributed by atoms with Gasteiger partial charge in [0.2, 0.25) is 17.6 Å². The molecule has 0 saturated carbocycles. The molecule has 182 valence electrons. The van der Waals surface area contributed by atoms with Crippen molar-refractivity contribution in [1.29, 1.82) is 0 Å². The van der Waals surface area contributed by atoms with Crippen molar-refractivity contribution in [1.82, 2.24) is 34.1 Å². The van der Waals surface area contributed by atoms with E-state index in [2.05, 4.69) is 15.2 Å². The second-order valence-electron chi connectivity index (χ2n) is 8.12. The van der Waals surface area contributed by atoms with Gasteiger partial charge >= 0.3 is 11.9 Å². The van der Waals surface area contributed by atoms with Crippen LogP contribution in [0.1, 0.15) is 11.5 Å². The van der Waals surface area contributed by atoms with Gasteiger partial charge in [-0.3, -0.25) is 14.1 Å². The quantitative estimate of drug-likeness (QED) is 0.424. The minimum atomic E-state index is -4.46. The summed E-state index contributed by atoms with van der Waals surface area (Å²) in [5, 5.41) is 7.99. The number of carbonyl (C=O) groups is 1. The van der Waals surface area contributed by atoms with Crippen LogP contribution in [0.5, 0.6) is 0 Å². The molecule has 0 spiro atoms. The molecule has 0 bridgehead atoms. The van der Waals surface area contributed by atoms with Gasteiger partial charge in [0.25, 0.3) is 0 Å². The summed E-state index contributed by atoms with van der Waals surface area (Å²) in [5.74, 6) is 0.144. The van der Waals surface area contributed by atoms with E-state index in [0.29, 0.717) is 38.4 Å². The molecule has 1 aliphatic rings. The Bertz CT molecular complexity index is 1420. The maximum absolute atomic E-state index is 13.0. The van der Waals surface area contributed by atoms with Crippen LogP contribution in [0, 0.1) is 0 Å². The molecule has 3 aromatic heterocycles. The van der Waals surface area contributed by atoms with Gasteiger partial charge in [-0.05, 0) is 24.3 Å². The van der Waals surface area contributed by atoms with E-state index in [1.807, 2.05) is 4.90 Å². The molecule has 0 atom stereocenters. The number of piperazine rings is 1. The Kier molecular flexibility index (Phi) is 5.84. The van der Waals surface area contributed by atoms with Gasteiger partial charge < -0.3 is 9.42 Å². The van der Waals surface area contributed by atoms with Gasteiger partial charge in [-0.2, -0.15) is 18.2 Å². The van der Waals surface area contributed by atoms with E-state index in [4.69, 9.17) is 4.52 Å². The van der Waals surface area contributed by atoms with Crippen molar-refractivity contribution in [3.8, 4) is 11.4 Å². The number of carbonyl (C=O) groups excluding carboxylic acids is 1. The topological polar surface area (TPSA) is 102 Å². The molecule has 10 nitrogen and oxygen atoms in total. The van der Waals surface area contributed by atoms with Crippen molar-refractivity contribution in [3.05, 3.63) is 70.6 Å². The molecule has 0 aliphatic carbocycles. The fourth-order valence-corrected chi connectivity index (χ4v) is 3.92. The van der Waals surface area contributed by atoms with Crippen LogP contribution in [0.25, 0.3) is 17.0 Å². The molecule has 1 aromatic carbocycles. The molecule has 1 aliphatic heterocycles. The van der Waals surface area contributed by atoms with Gasteiger partial charge in [-0.1, -0.05) is 23.4 Å². The zero-order valence-corrected chi connectivity index (χ0v) is 18.4. The lowest BCUT2D eigenvalue weighted by Gasteiger charge is -2.33. The van der Waals surface area contributed by atoms with E-state index in [1.54, 1.807) is 29.3 Å². The SMILES string of the molecule is O=C(Cn1nc2ccccn2c1=O)N1CCN(Cc2nc(-c3cccc(C(F)(F)F)c3)no2)CC1. The number of hydrogen-bond acceptors (Lipinski definition) is 7. The van der Waals surface area contributed by atoms with E-state index in [0.717, 1.165) is 16.8 Å². The number of halogens is 3. The number of amides is 1. The second-order valence-corrected chi connectivity index (χ2v) is 8.12. The van der Waals surface area contributed by atoms with Crippen LogP contribution in [0.3, 0.4) is 0 Å². The number of rotatable bonds is 5. The van der Waals surface area contributed by atoms with E-state index < -0.39 is 11.7 Å². The predicted molar refractivity (Wildman–Crippen MR) is 116 cm³/mol. The third-order valence-electron chi connectivity index (χ3n) is 5.77. The van der Waals surface area contributed by atoms with E-state index in [-0.39, 0.29) is 35.4 Å². The summed E-state index contributed by atoms with van der Waals surface area (Å²) in [6, 6.07) is 9.92. The third kappa shape index (κ3) is 4.80.